The van der Waals surface area contributed by atoms with Gasteiger partial charge in [-0.1, -0.05) is 50.2 Å². The van der Waals surface area contributed by atoms with Crippen LogP contribution in [-0.2, 0) is 13.2 Å². The molecule has 38 heavy (non-hydrogen) atoms. The van der Waals surface area contributed by atoms with E-state index in [4.69, 9.17) is 14.9 Å². The van der Waals surface area contributed by atoms with E-state index in [2.05, 4.69) is 43.1 Å². The molecular formula is C30H30N4O4. The Morgan fingerprint density at radius 2 is 1.71 bits per heavy atom. The maximum absolute atomic E-state index is 13.5. The third-order valence-electron chi connectivity index (χ3n) is 6.67. The summed E-state index contributed by atoms with van der Waals surface area (Å²) in [5.41, 5.74) is 5.88. The summed E-state index contributed by atoms with van der Waals surface area (Å²) in [6, 6.07) is 19.8. The number of aliphatic hydroxyl groups excluding tert-OH is 2. The predicted molar refractivity (Wildman–Crippen MR) is 145 cm³/mol. The van der Waals surface area contributed by atoms with Crippen molar-refractivity contribution in [3.05, 3.63) is 102 Å². The molecule has 3 heterocycles. The number of carbonyl (C=O) groups is 1. The van der Waals surface area contributed by atoms with Gasteiger partial charge in [0.05, 0.1) is 13.1 Å². The lowest BCUT2D eigenvalue weighted by molar-refractivity contribution is 0.0693. The lowest BCUT2D eigenvalue weighted by Crippen LogP contribution is -2.41. The molecule has 4 aromatic rings. The smallest absolute Gasteiger partial charge is 0.273 e. The van der Waals surface area contributed by atoms with Crippen LogP contribution in [0.1, 0.15) is 41.4 Å². The molecule has 0 bridgehead atoms. The standard InChI is InChI=1S/C30H30N4O4/c1-20(2)22-5-3-21(4-6-22)19-38-26-9-7-23(8-10-26)27-28(24-11-13-31-14-12-24)32-34-16-15-33(17-25(36)18-35)30(37)29(27)34/h3-14,18,20,35-36H,15-17,19H2,1-2H3/b25-18-. The van der Waals surface area contributed by atoms with Crippen molar-refractivity contribution in [2.24, 2.45) is 0 Å². The Balaban J connectivity index is 1.45. The Morgan fingerprint density at radius 1 is 1.00 bits per heavy atom. The van der Waals surface area contributed by atoms with Crippen LogP contribution >= 0.6 is 0 Å². The van der Waals surface area contributed by atoms with Crippen molar-refractivity contribution >= 4 is 5.91 Å². The predicted octanol–water partition coefficient (Wildman–Crippen LogP) is 5.73. The first-order valence-corrected chi connectivity index (χ1v) is 12.6. The summed E-state index contributed by atoms with van der Waals surface area (Å²) in [5.74, 6) is 0.666. The topological polar surface area (TPSA) is 101 Å². The van der Waals surface area contributed by atoms with E-state index in [0.717, 1.165) is 22.4 Å². The van der Waals surface area contributed by atoms with Gasteiger partial charge in [-0.25, -0.2) is 0 Å². The van der Waals surface area contributed by atoms with E-state index in [1.54, 1.807) is 17.1 Å². The van der Waals surface area contributed by atoms with E-state index in [-0.39, 0.29) is 18.2 Å². The minimum Gasteiger partial charge on any atom is -0.512 e. The molecule has 1 aliphatic rings. The quantitative estimate of drug-likeness (QED) is 0.294. The molecule has 0 spiro atoms. The van der Waals surface area contributed by atoms with Crippen LogP contribution < -0.4 is 4.74 Å². The third kappa shape index (κ3) is 5.11. The summed E-state index contributed by atoms with van der Waals surface area (Å²) in [6.45, 7) is 5.56. The second-order valence-electron chi connectivity index (χ2n) is 9.59. The zero-order valence-corrected chi connectivity index (χ0v) is 21.4. The molecule has 5 rings (SSSR count). The Labute approximate surface area is 221 Å². The van der Waals surface area contributed by atoms with Gasteiger partial charge in [-0.15, -0.1) is 0 Å². The van der Waals surface area contributed by atoms with Gasteiger partial charge in [-0.2, -0.15) is 5.10 Å². The summed E-state index contributed by atoms with van der Waals surface area (Å²) in [6.07, 6.45) is 4.00. The number of carbonyl (C=O) groups excluding carboxylic acids is 1. The van der Waals surface area contributed by atoms with Crippen LogP contribution in [0.5, 0.6) is 5.75 Å². The molecule has 0 radical (unpaired) electrons. The lowest BCUT2D eigenvalue weighted by atomic mass is 9.98. The number of fused-ring (bicyclic) bond motifs is 1. The molecule has 8 heteroatoms. The van der Waals surface area contributed by atoms with E-state index in [0.29, 0.717) is 48.8 Å². The molecule has 0 saturated heterocycles. The first kappa shape index (κ1) is 25.1. The number of pyridine rings is 1. The summed E-state index contributed by atoms with van der Waals surface area (Å²) in [5, 5.41) is 23.7. The maximum atomic E-state index is 13.5. The number of ether oxygens (including phenoxy) is 1. The van der Waals surface area contributed by atoms with Gasteiger partial charge in [0.15, 0.2) is 0 Å². The van der Waals surface area contributed by atoms with Gasteiger partial charge >= 0.3 is 0 Å². The van der Waals surface area contributed by atoms with Crippen LogP contribution in [-0.4, -0.2) is 48.9 Å². The fourth-order valence-electron chi connectivity index (χ4n) is 4.56. The largest absolute Gasteiger partial charge is 0.512 e. The van der Waals surface area contributed by atoms with Crippen LogP contribution in [0.2, 0.25) is 0 Å². The normalized spacial score (nSPS) is 13.6. The molecule has 0 fully saturated rings. The highest BCUT2D eigenvalue weighted by Gasteiger charge is 2.32. The van der Waals surface area contributed by atoms with Gasteiger partial charge in [0.1, 0.15) is 35.8 Å². The number of amides is 1. The summed E-state index contributed by atoms with van der Waals surface area (Å²) < 4.78 is 7.74. The zero-order valence-electron chi connectivity index (χ0n) is 21.4. The Morgan fingerprint density at radius 3 is 2.37 bits per heavy atom. The highest BCUT2D eigenvalue weighted by atomic mass is 16.5. The van der Waals surface area contributed by atoms with E-state index >= 15 is 0 Å². The second kappa shape index (κ2) is 10.8. The third-order valence-corrected chi connectivity index (χ3v) is 6.67. The van der Waals surface area contributed by atoms with Crippen LogP contribution in [0.25, 0.3) is 22.4 Å². The van der Waals surface area contributed by atoms with E-state index in [9.17, 15) is 9.90 Å². The van der Waals surface area contributed by atoms with Crippen LogP contribution in [0, 0.1) is 0 Å². The SMILES string of the molecule is CC(C)c1ccc(COc2ccc(-c3c(-c4ccncc4)nn4c3C(=O)N(C/C(O)=C/O)CC4)cc2)cc1. The summed E-state index contributed by atoms with van der Waals surface area (Å²) in [7, 11) is 0. The monoisotopic (exact) mass is 510 g/mol. The molecule has 1 amide bonds. The molecule has 0 atom stereocenters. The highest BCUT2D eigenvalue weighted by Crippen LogP contribution is 2.37. The summed E-state index contributed by atoms with van der Waals surface area (Å²) >= 11 is 0. The molecule has 8 nitrogen and oxygen atoms in total. The highest BCUT2D eigenvalue weighted by molar-refractivity contribution is 6.03. The van der Waals surface area contributed by atoms with E-state index in [1.165, 1.54) is 10.5 Å². The van der Waals surface area contributed by atoms with Crippen molar-refractivity contribution < 1.29 is 19.7 Å². The fourth-order valence-corrected chi connectivity index (χ4v) is 4.56. The minimum absolute atomic E-state index is 0.0739. The van der Waals surface area contributed by atoms with Gasteiger partial charge in [-0.05, 0) is 46.9 Å². The molecule has 2 aromatic heterocycles. The Kier molecular flexibility index (Phi) is 7.13. The van der Waals surface area contributed by atoms with Gasteiger partial charge in [0.25, 0.3) is 5.91 Å². The fraction of sp³-hybridized carbons (Fsp3) is 0.233. The van der Waals surface area contributed by atoms with Crippen molar-refractivity contribution in [2.45, 2.75) is 32.9 Å². The zero-order chi connectivity index (χ0) is 26.6. The molecule has 0 saturated carbocycles. The van der Waals surface area contributed by atoms with Crippen molar-refractivity contribution in [3.63, 3.8) is 0 Å². The minimum atomic E-state index is -0.275. The average Bonchev–Trinajstić information content (AvgIpc) is 3.35. The average molecular weight is 511 g/mol. The first-order valence-electron chi connectivity index (χ1n) is 12.6. The number of rotatable bonds is 8. The van der Waals surface area contributed by atoms with E-state index in [1.807, 2.05) is 36.4 Å². The molecular weight excluding hydrogens is 480 g/mol. The number of aromatic nitrogens is 3. The van der Waals surface area contributed by atoms with Crippen LogP contribution in [0.3, 0.4) is 0 Å². The molecule has 2 aromatic carbocycles. The lowest BCUT2D eigenvalue weighted by Gasteiger charge is -2.27. The number of nitrogens with zero attached hydrogens (tertiary/aromatic N) is 4. The number of hydrogen-bond acceptors (Lipinski definition) is 6. The summed E-state index contributed by atoms with van der Waals surface area (Å²) in [4.78, 5) is 19.1. The van der Waals surface area contributed by atoms with Gasteiger partial charge in [0, 0.05) is 30.1 Å². The van der Waals surface area contributed by atoms with Crippen LogP contribution in [0.4, 0.5) is 0 Å². The first-order chi connectivity index (χ1) is 18.4. The van der Waals surface area contributed by atoms with Crippen molar-refractivity contribution in [2.75, 3.05) is 13.1 Å². The number of aliphatic hydroxyl groups is 2. The molecule has 0 unspecified atom stereocenters. The number of hydrogen-bond donors (Lipinski definition) is 2. The second-order valence-corrected chi connectivity index (χ2v) is 9.59. The molecule has 1 aliphatic heterocycles. The van der Waals surface area contributed by atoms with Crippen LogP contribution in [0.15, 0.2) is 85.1 Å². The van der Waals surface area contributed by atoms with Gasteiger partial charge < -0.3 is 19.8 Å². The van der Waals surface area contributed by atoms with Gasteiger partial charge in [0.2, 0.25) is 0 Å². The van der Waals surface area contributed by atoms with Crippen molar-refractivity contribution in [1.29, 1.82) is 0 Å². The van der Waals surface area contributed by atoms with E-state index < -0.39 is 0 Å². The molecule has 194 valence electrons. The molecule has 0 aliphatic carbocycles. The van der Waals surface area contributed by atoms with Gasteiger partial charge in [-0.3, -0.25) is 14.5 Å². The molecule has 2 N–H and O–H groups in total. The Hall–Kier alpha value is -4.59. The number of benzene rings is 2. The van der Waals surface area contributed by atoms with Crippen molar-refractivity contribution in [3.8, 4) is 28.1 Å². The van der Waals surface area contributed by atoms with Crippen molar-refractivity contribution in [1.82, 2.24) is 19.7 Å². The maximum Gasteiger partial charge on any atom is 0.273 e. The Bertz CT molecular complexity index is 1440.